The molecule has 1 aromatic carbocycles. The molecular weight excluding hydrogens is 294 g/mol. The Kier molecular flexibility index (Phi) is 4.85. The van der Waals surface area contributed by atoms with Crippen molar-refractivity contribution in [2.75, 3.05) is 6.54 Å². The van der Waals surface area contributed by atoms with Crippen molar-refractivity contribution in [1.82, 2.24) is 15.6 Å². The summed E-state index contributed by atoms with van der Waals surface area (Å²) in [6.45, 7) is 3.04. The van der Waals surface area contributed by atoms with E-state index in [4.69, 9.17) is 0 Å². The molecule has 0 spiro atoms. The van der Waals surface area contributed by atoms with Crippen molar-refractivity contribution in [2.45, 2.75) is 31.8 Å². The van der Waals surface area contributed by atoms with Crippen LogP contribution in [-0.2, 0) is 4.79 Å². The summed E-state index contributed by atoms with van der Waals surface area (Å²) in [6.07, 6.45) is 3.58. The first kappa shape index (κ1) is 15.2. The lowest BCUT2D eigenvalue weighted by atomic mass is 9.92. The molecule has 1 saturated heterocycles. The number of piperidine rings is 1. The molecule has 22 heavy (non-hydrogen) atoms. The van der Waals surface area contributed by atoms with Crippen LogP contribution in [0.5, 0.6) is 0 Å². The molecule has 2 heterocycles. The Morgan fingerprint density at radius 3 is 2.91 bits per heavy atom. The fourth-order valence-corrected chi connectivity index (χ4v) is 3.65. The van der Waals surface area contributed by atoms with E-state index in [-0.39, 0.29) is 17.9 Å². The van der Waals surface area contributed by atoms with Gasteiger partial charge in [-0.1, -0.05) is 30.3 Å². The number of nitrogens with one attached hydrogen (secondary N) is 2. The topological polar surface area (TPSA) is 54.0 Å². The van der Waals surface area contributed by atoms with Crippen LogP contribution < -0.4 is 10.6 Å². The Morgan fingerprint density at radius 2 is 2.23 bits per heavy atom. The van der Waals surface area contributed by atoms with E-state index in [2.05, 4.69) is 22.5 Å². The lowest BCUT2D eigenvalue weighted by molar-refractivity contribution is -0.126. The normalized spacial score (nSPS) is 23.0. The zero-order chi connectivity index (χ0) is 15.4. The minimum atomic E-state index is -0.154. The molecule has 3 rings (SSSR count). The molecule has 3 atom stereocenters. The van der Waals surface area contributed by atoms with Crippen LogP contribution in [0, 0.1) is 5.92 Å². The van der Waals surface area contributed by atoms with Gasteiger partial charge in [-0.3, -0.25) is 4.79 Å². The Labute approximate surface area is 135 Å². The van der Waals surface area contributed by atoms with Gasteiger partial charge in [-0.05, 0) is 31.9 Å². The van der Waals surface area contributed by atoms with Crippen molar-refractivity contribution < 1.29 is 4.79 Å². The zero-order valence-electron chi connectivity index (χ0n) is 12.7. The third-order valence-electron chi connectivity index (χ3n) is 4.11. The van der Waals surface area contributed by atoms with Crippen LogP contribution in [0.1, 0.15) is 36.4 Å². The molecule has 0 radical (unpaired) electrons. The number of hydrogen-bond donors (Lipinski definition) is 2. The van der Waals surface area contributed by atoms with Gasteiger partial charge in [-0.25, -0.2) is 4.98 Å². The first-order chi connectivity index (χ1) is 10.7. The second kappa shape index (κ2) is 7.03. The molecule has 0 bridgehead atoms. The first-order valence-corrected chi connectivity index (χ1v) is 8.60. The van der Waals surface area contributed by atoms with Gasteiger partial charge in [0.15, 0.2) is 0 Å². The first-order valence-electron chi connectivity index (χ1n) is 7.72. The van der Waals surface area contributed by atoms with Gasteiger partial charge in [0, 0.05) is 23.5 Å². The Bertz CT molecular complexity index is 600. The van der Waals surface area contributed by atoms with Crippen LogP contribution in [0.15, 0.2) is 41.9 Å². The summed E-state index contributed by atoms with van der Waals surface area (Å²) in [5.41, 5.74) is 1.08. The maximum atomic E-state index is 12.7. The molecule has 1 amide bonds. The summed E-state index contributed by atoms with van der Waals surface area (Å²) in [4.78, 5) is 17.1. The molecule has 1 fully saturated rings. The smallest absolute Gasteiger partial charge is 0.224 e. The van der Waals surface area contributed by atoms with Gasteiger partial charge in [0.1, 0.15) is 11.0 Å². The third kappa shape index (κ3) is 3.54. The molecular formula is C17H21N3OS. The standard InChI is InChI=1S/C17H21N3OS/c1-12-11-14(7-8-18-12)16(21)20-15(17-19-9-10-22-17)13-5-3-2-4-6-13/h2-6,9-10,12,14-15,18H,7-8,11H2,1H3,(H,20,21)/t12-,14-,15?/m0/s1. The SMILES string of the molecule is C[C@H]1C[C@@H](C(=O)NC(c2ccccc2)c2nccs2)CCN1. The van der Waals surface area contributed by atoms with Gasteiger partial charge in [-0.2, -0.15) is 0 Å². The summed E-state index contributed by atoms with van der Waals surface area (Å²) in [7, 11) is 0. The summed E-state index contributed by atoms with van der Waals surface area (Å²) in [5, 5.41) is 9.48. The highest BCUT2D eigenvalue weighted by atomic mass is 32.1. The Morgan fingerprint density at radius 1 is 1.41 bits per heavy atom. The van der Waals surface area contributed by atoms with Crippen LogP contribution in [0.4, 0.5) is 0 Å². The van der Waals surface area contributed by atoms with E-state index < -0.39 is 0 Å². The molecule has 1 unspecified atom stereocenters. The van der Waals surface area contributed by atoms with Crippen LogP contribution in [-0.4, -0.2) is 23.5 Å². The molecule has 116 valence electrons. The predicted octanol–water partition coefficient (Wildman–Crippen LogP) is 2.74. The molecule has 2 aromatic rings. The van der Waals surface area contributed by atoms with Gasteiger partial charge < -0.3 is 10.6 Å². The predicted molar refractivity (Wildman–Crippen MR) is 88.7 cm³/mol. The van der Waals surface area contributed by atoms with Gasteiger partial charge in [0.05, 0.1) is 0 Å². The molecule has 5 heteroatoms. The van der Waals surface area contributed by atoms with Crippen molar-refractivity contribution >= 4 is 17.2 Å². The fourth-order valence-electron chi connectivity index (χ4n) is 2.94. The van der Waals surface area contributed by atoms with Crippen molar-refractivity contribution in [1.29, 1.82) is 0 Å². The zero-order valence-corrected chi connectivity index (χ0v) is 13.5. The van der Waals surface area contributed by atoms with E-state index in [0.29, 0.717) is 6.04 Å². The number of amides is 1. The highest BCUT2D eigenvalue weighted by molar-refractivity contribution is 7.09. The van der Waals surface area contributed by atoms with Crippen molar-refractivity contribution in [2.24, 2.45) is 5.92 Å². The van der Waals surface area contributed by atoms with Gasteiger partial charge in [0.2, 0.25) is 5.91 Å². The second-order valence-electron chi connectivity index (χ2n) is 5.80. The van der Waals surface area contributed by atoms with E-state index in [1.807, 2.05) is 35.7 Å². The Balaban J connectivity index is 1.77. The number of carbonyl (C=O) groups is 1. The fraction of sp³-hybridized carbons (Fsp3) is 0.412. The minimum Gasteiger partial charge on any atom is -0.342 e. The number of nitrogens with zero attached hydrogens (tertiary/aromatic N) is 1. The third-order valence-corrected chi connectivity index (χ3v) is 4.95. The summed E-state index contributed by atoms with van der Waals surface area (Å²) in [5.74, 6) is 0.222. The highest BCUT2D eigenvalue weighted by Crippen LogP contribution is 2.25. The van der Waals surface area contributed by atoms with E-state index >= 15 is 0 Å². The van der Waals surface area contributed by atoms with Gasteiger partial charge in [-0.15, -0.1) is 11.3 Å². The number of thiazole rings is 1. The summed E-state index contributed by atoms with van der Waals surface area (Å²) >= 11 is 1.58. The maximum absolute atomic E-state index is 12.7. The van der Waals surface area contributed by atoms with Crippen LogP contribution in [0.2, 0.25) is 0 Å². The van der Waals surface area contributed by atoms with E-state index in [9.17, 15) is 4.79 Å². The van der Waals surface area contributed by atoms with E-state index in [1.54, 1.807) is 17.5 Å². The number of aromatic nitrogens is 1. The largest absolute Gasteiger partial charge is 0.342 e. The number of benzene rings is 1. The van der Waals surface area contributed by atoms with Gasteiger partial charge in [0.25, 0.3) is 0 Å². The van der Waals surface area contributed by atoms with Crippen LogP contribution in [0.25, 0.3) is 0 Å². The molecule has 0 saturated carbocycles. The van der Waals surface area contributed by atoms with Crippen LogP contribution >= 0.6 is 11.3 Å². The lowest BCUT2D eigenvalue weighted by Crippen LogP contribution is -2.43. The number of rotatable bonds is 4. The van der Waals surface area contributed by atoms with Crippen molar-refractivity contribution in [3.8, 4) is 0 Å². The van der Waals surface area contributed by atoms with E-state index in [0.717, 1.165) is 30.0 Å². The van der Waals surface area contributed by atoms with Crippen molar-refractivity contribution in [3.63, 3.8) is 0 Å². The molecule has 4 nitrogen and oxygen atoms in total. The number of carbonyl (C=O) groups excluding carboxylic acids is 1. The second-order valence-corrected chi connectivity index (χ2v) is 6.73. The van der Waals surface area contributed by atoms with Crippen molar-refractivity contribution in [3.05, 3.63) is 52.5 Å². The average Bonchev–Trinajstić information content (AvgIpc) is 3.07. The Hall–Kier alpha value is -1.72. The quantitative estimate of drug-likeness (QED) is 0.912. The monoisotopic (exact) mass is 315 g/mol. The highest BCUT2D eigenvalue weighted by Gasteiger charge is 2.28. The minimum absolute atomic E-state index is 0.0856. The molecule has 1 aromatic heterocycles. The summed E-state index contributed by atoms with van der Waals surface area (Å²) < 4.78 is 0. The molecule has 1 aliphatic heterocycles. The maximum Gasteiger partial charge on any atom is 0.224 e. The van der Waals surface area contributed by atoms with E-state index in [1.165, 1.54) is 0 Å². The lowest BCUT2D eigenvalue weighted by Gasteiger charge is -2.28. The molecule has 1 aliphatic rings. The van der Waals surface area contributed by atoms with Gasteiger partial charge >= 0.3 is 0 Å². The van der Waals surface area contributed by atoms with Crippen LogP contribution in [0.3, 0.4) is 0 Å². The number of hydrogen-bond acceptors (Lipinski definition) is 4. The molecule has 2 N–H and O–H groups in total. The molecule has 0 aliphatic carbocycles. The average molecular weight is 315 g/mol. The summed E-state index contributed by atoms with van der Waals surface area (Å²) in [6, 6.07) is 10.3.